The molecule has 1 aromatic heterocycles. The highest BCUT2D eigenvalue weighted by molar-refractivity contribution is 9.10. The van der Waals surface area contributed by atoms with E-state index in [4.69, 9.17) is 5.11 Å². The van der Waals surface area contributed by atoms with E-state index in [0.717, 1.165) is 28.0 Å². The van der Waals surface area contributed by atoms with Crippen molar-refractivity contribution in [1.29, 1.82) is 0 Å². The van der Waals surface area contributed by atoms with Gasteiger partial charge in [0.2, 0.25) is 0 Å². The molecule has 19 heavy (non-hydrogen) atoms. The summed E-state index contributed by atoms with van der Waals surface area (Å²) in [6, 6.07) is 7.26. The zero-order chi connectivity index (χ0) is 14.0. The van der Waals surface area contributed by atoms with E-state index in [2.05, 4.69) is 20.9 Å². The fraction of sp³-hybridized carbons (Fsp3) is 0.0769. The number of aromatic nitrogens is 1. The summed E-state index contributed by atoms with van der Waals surface area (Å²) in [7, 11) is 0. The Morgan fingerprint density at radius 2 is 2.11 bits per heavy atom. The van der Waals surface area contributed by atoms with Crippen LogP contribution in [0.5, 0.6) is 0 Å². The van der Waals surface area contributed by atoms with Crippen LogP contribution in [0.4, 0.5) is 4.39 Å². The molecular weight excluding hydrogens is 333 g/mol. The highest BCUT2D eigenvalue weighted by Gasteiger charge is 2.11. The number of pyridine rings is 1. The molecule has 0 bridgehead atoms. The maximum Gasteiger partial charge on any atom is 0.335 e. The number of carbonyl (C=O) groups is 1. The van der Waals surface area contributed by atoms with Crippen molar-refractivity contribution < 1.29 is 14.3 Å². The lowest BCUT2D eigenvalue weighted by atomic mass is 10.2. The summed E-state index contributed by atoms with van der Waals surface area (Å²) in [5.41, 5.74) is 0.845. The van der Waals surface area contributed by atoms with Gasteiger partial charge in [-0.15, -0.1) is 0 Å². The second-order valence-electron chi connectivity index (χ2n) is 3.77. The first-order valence-electron chi connectivity index (χ1n) is 5.31. The molecular formula is C13H9BrFNO2S. The van der Waals surface area contributed by atoms with Gasteiger partial charge in [-0.3, -0.25) is 0 Å². The van der Waals surface area contributed by atoms with E-state index in [1.807, 2.05) is 13.0 Å². The van der Waals surface area contributed by atoms with Gasteiger partial charge >= 0.3 is 5.97 Å². The van der Waals surface area contributed by atoms with E-state index in [9.17, 15) is 9.18 Å². The van der Waals surface area contributed by atoms with Gasteiger partial charge < -0.3 is 5.11 Å². The first-order chi connectivity index (χ1) is 8.97. The Labute approximate surface area is 122 Å². The minimum atomic E-state index is -1.08. The van der Waals surface area contributed by atoms with E-state index in [1.165, 1.54) is 12.1 Å². The van der Waals surface area contributed by atoms with Crippen LogP contribution in [0.3, 0.4) is 0 Å². The van der Waals surface area contributed by atoms with Gasteiger partial charge in [-0.2, -0.15) is 0 Å². The minimum absolute atomic E-state index is 0.0535. The second kappa shape index (κ2) is 5.71. The number of hydrogen-bond acceptors (Lipinski definition) is 3. The number of benzene rings is 1. The van der Waals surface area contributed by atoms with E-state index < -0.39 is 11.8 Å². The van der Waals surface area contributed by atoms with Crippen molar-refractivity contribution in [3.05, 3.63) is 51.9 Å². The molecule has 0 amide bonds. The molecule has 0 spiro atoms. The molecule has 2 aromatic rings. The summed E-state index contributed by atoms with van der Waals surface area (Å²) in [6.07, 6.45) is 0. The fourth-order valence-electron chi connectivity index (χ4n) is 1.41. The van der Waals surface area contributed by atoms with Crippen LogP contribution in [0.25, 0.3) is 0 Å². The van der Waals surface area contributed by atoms with Crippen LogP contribution in [0.1, 0.15) is 16.1 Å². The van der Waals surface area contributed by atoms with Gasteiger partial charge in [0, 0.05) is 4.47 Å². The van der Waals surface area contributed by atoms with Crippen molar-refractivity contribution in [2.45, 2.75) is 16.8 Å². The molecule has 0 unspecified atom stereocenters. The van der Waals surface area contributed by atoms with Crippen LogP contribution in [0.2, 0.25) is 0 Å². The van der Waals surface area contributed by atoms with Gasteiger partial charge in [-0.1, -0.05) is 11.8 Å². The molecule has 3 nitrogen and oxygen atoms in total. The summed E-state index contributed by atoms with van der Waals surface area (Å²) < 4.78 is 14.5. The lowest BCUT2D eigenvalue weighted by Crippen LogP contribution is -1.97. The molecule has 2 rings (SSSR count). The zero-order valence-corrected chi connectivity index (χ0v) is 12.3. The number of carboxylic acids is 1. The van der Waals surface area contributed by atoms with Crippen molar-refractivity contribution in [2.24, 2.45) is 0 Å². The van der Waals surface area contributed by atoms with Crippen LogP contribution in [-0.4, -0.2) is 16.1 Å². The molecule has 0 aliphatic heterocycles. The Morgan fingerprint density at radius 3 is 2.74 bits per heavy atom. The molecule has 0 fully saturated rings. The predicted molar refractivity (Wildman–Crippen MR) is 74.2 cm³/mol. The maximum absolute atomic E-state index is 13.6. The minimum Gasteiger partial charge on any atom is -0.478 e. The lowest BCUT2D eigenvalue weighted by Gasteiger charge is -2.05. The summed E-state index contributed by atoms with van der Waals surface area (Å²) in [6.45, 7) is 1.83. The van der Waals surface area contributed by atoms with Gasteiger partial charge in [-0.05, 0) is 53.2 Å². The van der Waals surface area contributed by atoms with Crippen LogP contribution < -0.4 is 0 Å². The Balaban J connectivity index is 2.34. The van der Waals surface area contributed by atoms with E-state index in [1.54, 1.807) is 6.07 Å². The van der Waals surface area contributed by atoms with Crippen molar-refractivity contribution in [3.8, 4) is 0 Å². The average molecular weight is 342 g/mol. The van der Waals surface area contributed by atoms with E-state index in [0.29, 0.717) is 5.03 Å². The maximum atomic E-state index is 13.6. The molecule has 0 aliphatic rings. The lowest BCUT2D eigenvalue weighted by molar-refractivity contribution is 0.0696. The molecule has 0 atom stereocenters. The van der Waals surface area contributed by atoms with Gasteiger partial charge in [0.15, 0.2) is 0 Å². The molecule has 1 heterocycles. The highest BCUT2D eigenvalue weighted by Crippen LogP contribution is 2.30. The third-order valence-electron chi connectivity index (χ3n) is 2.39. The molecule has 0 saturated carbocycles. The van der Waals surface area contributed by atoms with Crippen molar-refractivity contribution in [3.63, 3.8) is 0 Å². The van der Waals surface area contributed by atoms with Crippen LogP contribution in [-0.2, 0) is 0 Å². The molecule has 0 aliphatic carbocycles. The Kier molecular flexibility index (Phi) is 4.21. The quantitative estimate of drug-likeness (QED) is 0.911. The SMILES string of the molecule is Cc1nc(Sc2cc(C(=O)O)ccc2F)ccc1Br. The van der Waals surface area contributed by atoms with Crippen LogP contribution in [0, 0.1) is 12.7 Å². The summed E-state index contributed by atoms with van der Waals surface area (Å²) in [4.78, 5) is 15.4. The summed E-state index contributed by atoms with van der Waals surface area (Å²) >= 11 is 4.43. The van der Waals surface area contributed by atoms with E-state index in [-0.39, 0.29) is 10.5 Å². The topological polar surface area (TPSA) is 50.2 Å². The van der Waals surface area contributed by atoms with Gasteiger partial charge in [0.1, 0.15) is 10.8 Å². The summed E-state index contributed by atoms with van der Waals surface area (Å²) in [5.74, 6) is -1.54. The number of carboxylic acid groups (broad SMARTS) is 1. The molecule has 98 valence electrons. The van der Waals surface area contributed by atoms with Gasteiger partial charge in [0.25, 0.3) is 0 Å². The smallest absolute Gasteiger partial charge is 0.335 e. The molecule has 6 heteroatoms. The fourth-order valence-corrected chi connectivity index (χ4v) is 2.52. The molecule has 1 aromatic carbocycles. The Morgan fingerprint density at radius 1 is 1.37 bits per heavy atom. The first-order valence-corrected chi connectivity index (χ1v) is 6.92. The number of hydrogen-bond donors (Lipinski definition) is 1. The molecule has 0 saturated heterocycles. The monoisotopic (exact) mass is 341 g/mol. The predicted octanol–water partition coefficient (Wildman–Crippen LogP) is 4.14. The number of aryl methyl sites for hydroxylation is 1. The Hall–Kier alpha value is -1.40. The third kappa shape index (κ3) is 3.33. The van der Waals surface area contributed by atoms with Gasteiger partial charge in [-0.25, -0.2) is 14.2 Å². The number of halogens is 2. The Bertz CT molecular complexity index is 649. The second-order valence-corrected chi connectivity index (χ2v) is 5.69. The van der Waals surface area contributed by atoms with E-state index >= 15 is 0 Å². The molecule has 1 N–H and O–H groups in total. The largest absolute Gasteiger partial charge is 0.478 e. The standard InChI is InChI=1S/C13H9BrFNO2S/c1-7-9(14)3-5-12(16-7)19-11-6-8(13(17)18)2-4-10(11)15/h2-6H,1H3,(H,17,18). The summed E-state index contributed by atoms with van der Waals surface area (Å²) in [5, 5.41) is 9.51. The zero-order valence-electron chi connectivity index (χ0n) is 9.85. The van der Waals surface area contributed by atoms with Crippen LogP contribution >= 0.6 is 27.7 Å². The molecule has 0 radical (unpaired) electrons. The number of nitrogens with zero attached hydrogens (tertiary/aromatic N) is 1. The number of rotatable bonds is 3. The average Bonchev–Trinajstić information content (AvgIpc) is 2.36. The van der Waals surface area contributed by atoms with Gasteiger partial charge in [0.05, 0.1) is 16.2 Å². The van der Waals surface area contributed by atoms with Crippen molar-refractivity contribution in [1.82, 2.24) is 4.98 Å². The highest BCUT2D eigenvalue weighted by atomic mass is 79.9. The first kappa shape index (κ1) is 14.0. The normalized spacial score (nSPS) is 10.5. The third-order valence-corrected chi connectivity index (χ3v) is 4.20. The number of aromatic carboxylic acids is 1. The van der Waals surface area contributed by atoms with Crippen molar-refractivity contribution in [2.75, 3.05) is 0 Å². The van der Waals surface area contributed by atoms with Crippen molar-refractivity contribution >= 4 is 33.7 Å². The van der Waals surface area contributed by atoms with Crippen LogP contribution in [0.15, 0.2) is 44.7 Å².